The molecule has 3 aromatic rings. The lowest BCUT2D eigenvalue weighted by molar-refractivity contribution is -0.384. The van der Waals surface area contributed by atoms with Gasteiger partial charge in [-0.15, -0.1) is 0 Å². The first-order valence-electron chi connectivity index (χ1n) is 10.4. The fraction of sp³-hybridized carbons (Fsp3) is 0.208. The highest BCUT2D eigenvalue weighted by molar-refractivity contribution is 5.79. The fourth-order valence-corrected chi connectivity index (χ4v) is 3.84. The molecule has 4 rings (SSSR count). The van der Waals surface area contributed by atoms with E-state index in [1.807, 2.05) is 53.4 Å². The largest absolute Gasteiger partial charge is 0.497 e. The quantitative estimate of drug-likeness (QED) is 0.401. The molecule has 1 aliphatic heterocycles. The van der Waals surface area contributed by atoms with Crippen LogP contribution in [-0.4, -0.2) is 29.0 Å². The molecule has 0 radical (unpaired) electrons. The third kappa shape index (κ3) is 4.94. The second kappa shape index (κ2) is 9.68. The first-order chi connectivity index (χ1) is 16.0. The van der Waals surface area contributed by atoms with Gasteiger partial charge in [0.2, 0.25) is 5.91 Å². The highest BCUT2D eigenvalue weighted by atomic mass is 16.6. The van der Waals surface area contributed by atoms with Gasteiger partial charge in [0.25, 0.3) is 5.69 Å². The molecule has 1 aliphatic rings. The SMILES string of the molecule is COc1cccc(CNC(C(N)=O)N2Cc3ccccc3OC2c2ccc([N+](=O)[O-])cc2)c1. The standard InChI is InChI=1S/C24H24N4O5/c1-32-20-7-4-5-16(13-20)14-26-23(22(25)29)27-15-18-6-2-3-8-21(18)33-24(27)17-9-11-19(12-10-17)28(30)31/h2-13,23-24,26H,14-15H2,1H3,(H2,25,29). The summed E-state index contributed by atoms with van der Waals surface area (Å²) < 4.78 is 11.5. The van der Waals surface area contributed by atoms with E-state index in [0.29, 0.717) is 30.2 Å². The van der Waals surface area contributed by atoms with Crippen LogP contribution in [0.5, 0.6) is 11.5 Å². The number of hydrogen-bond donors (Lipinski definition) is 2. The first-order valence-corrected chi connectivity index (χ1v) is 10.4. The lowest BCUT2D eigenvalue weighted by Crippen LogP contribution is -2.56. The number of primary amides is 1. The Morgan fingerprint density at radius 1 is 1.21 bits per heavy atom. The summed E-state index contributed by atoms with van der Waals surface area (Å²) in [5, 5.41) is 14.3. The number of fused-ring (bicyclic) bond motifs is 1. The van der Waals surface area contributed by atoms with E-state index < -0.39 is 23.2 Å². The van der Waals surface area contributed by atoms with Gasteiger partial charge in [0.15, 0.2) is 6.23 Å². The zero-order chi connectivity index (χ0) is 23.4. The van der Waals surface area contributed by atoms with Crippen LogP contribution in [0.2, 0.25) is 0 Å². The number of nitrogens with one attached hydrogen (secondary N) is 1. The van der Waals surface area contributed by atoms with Gasteiger partial charge in [0.1, 0.15) is 17.7 Å². The van der Waals surface area contributed by atoms with Crippen molar-refractivity contribution in [3.8, 4) is 11.5 Å². The van der Waals surface area contributed by atoms with Crippen LogP contribution in [0.1, 0.15) is 22.9 Å². The number of benzene rings is 3. The summed E-state index contributed by atoms with van der Waals surface area (Å²) in [6, 6.07) is 21.1. The molecule has 3 aromatic carbocycles. The molecule has 3 N–H and O–H groups in total. The molecular weight excluding hydrogens is 424 g/mol. The molecule has 9 heteroatoms. The maximum Gasteiger partial charge on any atom is 0.269 e. The molecule has 2 unspecified atom stereocenters. The number of carbonyl (C=O) groups excluding carboxylic acids is 1. The molecule has 0 fully saturated rings. The van der Waals surface area contributed by atoms with Crippen LogP contribution in [0.4, 0.5) is 5.69 Å². The van der Waals surface area contributed by atoms with Crippen molar-refractivity contribution < 1.29 is 19.2 Å². The summed E-state index contributed by atoms with van der Waals surface area (Å²) >= 11 is 0. The van der Waals surface area contributed by atoms with Crippen LogP contribution in [0, 0.1) is 10.1 Å². The normalized spacial score (nSPS) is 16.3. The van der Waals surface area contributed by atoms with Gasteiger partial charge in [-0.25, -0.2) is 4.90 Å². The summed E-state index contributed by atoms with van der Waals surface area (Å²) in [7, 11) is 1.59. The Balaban J connectivity index is 1.64. The zero-order valence-corrected chi connectivity index (χ0v) is 18.0. The number of hydrogen-bond acceptors (Lipinski definition) is 7. The average Bonchev–Trinajstić information content (AvgIpc) is 2.83. The zero-order valence-electron chi connectivity index (χ0n) is 18.0. The molecule has 2 atom stereocenters. The summed E-state index contributed by atoms with van der Waals surface area (Å²) in [6.45, 7) is 0.770. The second-order valence-electron chi connectivity index (χ2n) is 7.64. The fourth-order valence-electron chi connectivity index (χ4n) is 3.84. The van der Waals surface area contributed by atoms with Gasteiger partial charge in [0.05, 0.1) is 12.0 Å². The Labute approximate surface area is 190 Å². The van der Waals surface area contributed by atoms with Crippen molar-refractivity contribution in [1.82, 2.24) is 10.2 Å². The van der Waals surface area contributed by atoms with Crippen molar-refractivity contribution in [2.45, 2.75) is 25.5 Å². The van der Waals surface area contributed by atoms with Crippen LogP contribution < -0.4 is 20.5 Å². The van der Waals surface area contributed by atoms with E-state index >= 15 is 0 Å². The number of rotatable bonds is 8. The Bertz CT molecular complexity index is 1150. The lowest BCUT2D eigenvalue weighted by atomic mass is 10.1. The van der Waals surface area contributed by atoms with Crippen LogP contribution in [0.25, 0.3) is 0 Å². The van der Waals surface area contributed by atoms with Gasteiger partial charge in [-0.3, -0.25) is 20.2 Å². The van der Waals surface area contributed by atoms with E-state index in [-0.39, 0.29) is 5.69 Å². The van der Waals surface area contributed by atoms with Crippen LogP contribution in [0.3, 0.4) is 0 Å². The summed E-state index contributed by atoms with van der Waals surface area (Å²) in [5.74, 6) is 0.838. The summed E-state index contributed by atoms with van der Waals surface area (Å²) in [4.78, 5) is 24.9. The van der Waals surface area contributed by atoms with Crippen LogP contribution in [-0.2, 0) is 17.9 Å². The topological polar surface area (TPSA) is 120 Å². The minimum atomic E-state index is -0.857. The van der Waals surface area contributed by atoms with E-state index in [4.69, 9.17) is 15.2 Å². The van der Waals surface area contributed by atoms with Crippen molar-refractivity contribution >= 4 is 11.6 Å². The number of carbonyl (C=O) groups is 1. The molecule has 9 nitrogen and oxygen atoms in total. The third-order valence-electron chi connectivity index (χ3n) is 5.49. The molecule has 0 spiro atoms. The Hall–Kier alpha value is -3.95. The minimum Gasteiger partial charge on any atom is -0.497 e. The third-order valence-corrected chi connectivity index (χ3v) is 5.49. The van der Waals surface area contributed by atoms with Crippen molar-refractivity contribution in [3.63, 3.8) is 0 Å². The number of non-ortho nitro benzene ring substituents is 1. The number of nitro benzene ring substituents is 1. The first kappa shape index (κ1) is 22.3. The van der Waals surface area contributed by atoms with Gasteiger partial charge in [-0.05, 0) is 35.9 Å². The molecule has 0 saturated carbocycles. The molecular formula is C24H24N4O5. The average molecular weight is 448 g/mol. The van der Waals surface area contributed by atoms with Crippen LogP contribution >= 0.6 is 0 Å². The lowest BCUT2D eigenvalue weighted by Gasteiger charge is -2.40. The Kier molecular flexibility index (Phi) is 6.53. The summed E-state index contributed by atoms with van der Waals surface area (Å²) in [5.41, 5.74) is 8.28. The predicted molar refractivity (Wildman–Crippen MR) is 121 cm³/mol. The Morgan fingerprint density at radius 2 is 1.97 bits per heavy atom. The minimum absolute atomic E-state index is 0.0240. The number of amides is 1. The second-order valence-corrected chi connectivity index (χ2v) is 7.64. The Morgan fingerprint density at radius 3 is 2.67 bits per heavy atom. The molecule has 1 heterocycles. The number of para-hydroxylation sites is 1. The number of ether oxygens (including phenoxy) is 2. The predicted octanol–water partition coefficient (Wildman–Crippen LogP) is 3.10. The molecule has 0 aromatic heterocycles. The molecule has 33 heavy (non-hydrogen) atoms. The maximum absolute atomic E-state index is 12.5. The number of nitrogens with zero attached hydrogens (tertiary/aromatic N) is 2. The van der Waals surface area contributed by atoms with E-state index in [1.54, 1.807) is 19.2 Å². The van der Waals surface area contributed by atoms with Crippen LogP contribution in [0.15, 0.2) is 72.8 Å². The van der Waals surface area contributed by atoms with E-state index in [1.165, 1.54) is 12.1 Å². The number of nitro groups is 1. The van der Waals surface area contributed by atoms with E-state index in [2.05, 4.69) is 5.32 Å². The van der Waals surface area contributed by atoms with Crippen molar-refractivity contribution in [2.75, 3.05) is 7.11 Å². The van der Waals surface area contributed by atoms with Gasteiger partial charge < -0.3 is 15.2 Å². The van der Waals surface area contributed by atoms with Gasteiger partial charge in [-0.1, -0.05) is 30.3 Å². The van der Waals surface area contributed by atoms with Gasteiger partial charge >= 0.3 is 0 Å². The maximum atomic E-state index is 12.5. The van der Waals surface area contributed by atoms with Gasteiger partial charge in [0, 0.05) is 36.3 Å². The number of nitrogens with two attached hydrogens (primary N) is 1. The van der Waals surface area contributed by atoms with E-state index in [0.717, 1.165) is 11.1 Å². The molecule has 0 bridgehead atoms. The summed E-state index contributed by atoms with van der Waals surface area (Å²) in [6.07, 6.45) is -1.53. The molecule has 0 aliphatic carbocycles. The highest BCUT2D eigenvalue weighted by Gasteiger charge is 2.36. The molecule has 170 valence electrons. The van der Waals surface area contributed by atoms with Crippen molar-refractivity contribution in [3.05, 3.63) is 99.6 Å². The molecule has 0 saturated heterocycles. The van der Waals surface area contributed by atoms with E-state index in [9.17, 15) is 14.9 Å². The molecule has 1 amide bonds. The van der Waals surface area contributed by atoms with Crippen molar-refractivity contribution in [2.24, 2.45) is 5.73 Å². The smallest absolute Gasteiger partial charge is 0.269 e. The highest BCUT2D eigenvalue weighted by Crippen LogP contribution is 2.36. The monoisotopic (exact) mass is 448 g/mol. The van der Waals surface area contributed by atoms with Gasteiger partial charge in [-0.2, -0.15) is 0 Å². The van der Waals surface area contributed by atoms with Crippen molar-refractivity contribution in [1.29, 1.82) is 0 Å². The number of methoxy groups -OCH3 is 1.